The fourth-order valence-electron chi connectivity index (χ4n) is 5.02. The second-order valence-electron chi connectivity index (χ2n) is 9.24. The van der Waals surface area contributed by atoms with Gasteiger partial charge in [0.25, 0.3) is 0 Å². The minimum atomic E-state index is -0.622. The summed E-state index contributed by atoms with van der Waals surface area (Å²) in [7, 11) is 1.64. The fraction of sp³-hybridized carbons (Fsp3) is 0.379. The first-order valence-corrected chi connectivity index (χ1v) is 13.3. The minimum Gasteiger partial charge on any atom is -0.496 e. The molecule has 0 aromatic heterocycles. The molecule has 0 unspecified atom stereocenters. The molecule has 2 amide bonds. The predicted octanol–water partition coefficient (Wildman–Crippen LogP) is 5.37. The summed E-state index contributed by atoms with van der Waals surface area (Å²) in [4.78, 5) is 28.8. The van der Waals surface area contributed by atoms with Crippen molar-refractivity contribution < 1.29 is 19.4 Å². The van der Waals surface area contributed by atoms with E-state index in [2.05, 4.69) is 27.3 Å². The van der Waals surface area contributed by atoms with Gasteiger partial charge in [-0.2, -0.15) is 0 Å². The number of benzene rings is 3. The fourth-order valence-corrected chi connectivity index (χ4v) is 5.40. The lowest BCUT2D eigenvalue weighted by Crippen LogP contribution is -2.49. The van der Waals surface area contributed by atoms with Gasteiger partial charge in [-0.25, -0.2) is 0 Å². The molecular weight excluding hydrogens is 520 g/mol. The molecule has 3 aromatic carbocycles. The normalized spacial score (nSPS) is 16.4. The number of aliphatic hydroxyl groups is 1. The third-order valence-corrected chi connectivity index (χ3v) is 7.52. The van der Waals surface area contributed by atoms with Gasteiger partial charge in [-0.05, 0) is 72.7 Å². The molecule has 190 valence electrons. The highest BCUT2D eigenvalue weighted by Gasteiger charge is 2.33. The van der Waals surface area contributed by atoms with E-state index in [0.717, 1.165) is 37.8 Å². The topological polar surface area (TPSA) is 78.9 Å². The first-order chi connectivity index (χ1) is 17.5. The van der Waals surface area contributed by atoms with E-state index in [0.29, 0.717) is 38.6 Å². The highest BCUT2D eigenvalue weighted by Crippen LogP contribution is 2.35. The van der Waals surface area contributed by atoms with Crippen molar-refractivity contribution in [3.8, 4) is 5.75 Å². The van der Waals surface area contributed by atoms with Crippen LogP contribution in [0.4, 0.5) is 5.69 Å². The predicted molar refractivity (Wildman–Crippen MR) is 146 cm³/mol. The number of halogens is 1. The molecule has 1 aliphatic heterocycles. The smallest absolute Gasteiger partial charge is 0.249 e. The Labute approximate surface area is 220 Å². The number of methoxy groups -OCH3 is 1. The van der Waals surface area contributed by atoms with E-state index in [-0.39, 0.29) is 24.3 Å². The summed E-state index contributed by atoms with van der Waals surface area (Å²) >= 11 is 3.55. The Morgan fingerprint density at radius 3 is 2.78 bits per heavy atom. The zero-order valence-corrected chi connectivity index (χ0v) is 22.4. The molecule has 3 aromatic rings. The average Bonchev–Trinajstić information content (AvgIpc) is 3.01. The summed E-state index contributed by atoms with van der Waals surface area (Å²) in [6, 6.07) is 17.4. The van der Waals surface area contributed by atoms with Gasteiger partial charge < -0.3 is 20.1 Å². The summed E-state index contributed by atoms with van der Waals surface area (Å²) in [5.41, 5.74) is 2.87. The lowest BCUT2D eigenvalue weighted by molar-refractivity contribution is -0.130. The number of aryl methyl sites for hydroxylation is 1. The molecule has 1 heterocycles. The number of carbonyl (C=O) groups is 2. The van der Waals surface area contributed by atoms with E-state index in [1.54, 1.807) is 12.0 Å². The van der Waals surface area contributed by atoms with Crippen LogP contribution >= 0.6 is 15.9 Å². The van der Waals surface area contributed by atoms with Gasteiger partial charge >= 0.3 is 0 Å². The number of rotatable bonds is 9. The standard InChI is InChI=1S/C29H33BrN2O4/c1-3-19(8-6-16-33)28(34)31-25-14-10-20-7-4-5-9-26(20)32(29(25)35)18-24-23-13-12-22(30)17-21(23)11-15-27(24)36-2/h4-5,7,9,11-13,15,17,19,25,33H,3,6,8,10,14,16,18H2,1-2H3,(H,31,34)/t19-,25+/m1/s1. The van der Waals surface area contributed by atoms with Crippen LogP contribution in [0.3, 0.4) is 0 Å². The summed E-state index contributed by atoms with van der Waals surface area (Å²) in [6.07, 6.45) is 3.07. The van der Waals surface area contributed by atoms with Gasteiger partial charge in [0.05, 0.1) is 13.7 Å². The van der Waals surface area contributed by atoms with Crippen LogP contribution in [0.5, 0.6) is 5.75 Å². The maximum Gasteiger partial charge on any atom is 0.249 e. The number of hydrogen-bond donors (Lipinski definition) is 2. The van der Waals surface area contributed by atoms with Gasteiger partial charge in [-0.1, -0.05) is 53.2 Å². The number of nitrogens with zero attached hydrogens (tertiary/aromatic N) is 1. The Hall–Kier alpha value is -2.90. The number of ether oxygens (including phenoxy) is 1. The van der Waals surface area contributed by atoms with E-state index in [9.17, 15) is 14.7 Å². The summed E-state index contributed by atoms with van der Waals surface area (Å²) in [5.74, 6) is 0.250. The first-order valence-electron chi connectivity index (χ1n) is 12.5. The molecule has 0 aliphatic carbocycles. The van der Waals surface area contributed by atoms with Crippen LogP contribution in [0, 0.1) is 5.92 Å². The van der Waals surface area contributed by atoms with Crippen molar-refractivity contribution in [3.05, 3.63) is 70.2 Å². The highest BCUT2D eigenvalue weighted by atomic mass is 79.9. The number of amides is 2. The van der Waals surface area contributed by atoms with Gasteiger partial charge in [-0.3, -0.25) is 9.59 Å². The van der Waals surface area contributed by atoms with Crippen LogP contribution in [0.15, 0.2) is 59.1 Å². The number of aliphatic hydroxyl groups excluding tert-OH is 1. The van der Waals surface area contributed by atoms with Gasteiger partial charge in [0.15, 0.2) is 0 Å². The molecule has 6 nitrogen and oxygen atoms in total. The summed E-state index contributed by atoms with van der Waals surface area (Å²) in [6.45, 7) is 2.34. The lowest BCUT2D eigenvalue weighted by atomic mass is 9.98. The molecule has 2 N–H and O–H groups in total. The van der Waals surface area contributed by atoms with Crippen LogP contribution in [-0.4, -0.2) is 36.7 Å². The van der Waals surface area contributed by atoms with E-state index in [1.165, 1.54) is 0 Å². The molecule has 4 rings (SSSR count). The molecule has 0 saturated carbocycles. The maximum absolute atomic E-state index is 14.0. The first kappa shape index (κ1) is 26.2. The largest absolute Gasteiger partial charge is 0.496 e. The van der Waals surface area contributed by atoms with Crippen LogP contribution < -0.4 is 15.0 Å². The van der Waals surface area contributed by atoms with Gasteiger partial charge in [-0.15, -0.1) is 0 Å². The van der Waals surface area contributed by atoms with Crippen molar-refractivity contribution in [2.75, 3.05) is 18.6 Å². The number of para-hydroxylation sites is 1. The highest BCUT2D eigenvalue weighted by molar-refractivity contribution is 9.10. The molecule has 0 fully saturated rings. The van der Waals surface area contributed by atoms with Crippen molar-refractivity contribution in [2.45, 2.75) is 51.6 Å². The van der Waals surface area contributed by atoms with Crippen molar-refractivity contribution in [1.29, 1.82) is 0 Å². The Bertz CT molecular complexity index is 1250. The number of fused-ring (bicyclic) bond motifs is 2. The van der Waals surface area contributed by atoms with Crippen molar-refractivity contribution in [1.82, 2.24) is 5.32 Å². The molecule has 0 bridgehead atoms. The van der Waals surface area contributed by atoms with Crippen molar-refractivity contribution in [2.24, 2.45) is 5.92 Å². The number of anilines is 1. The van der Waals surface area contributed by atoms with Crippen LogP contribution in [0.2, 0.25) is 0 Å². The SMILES string of the molecule is CC[C@H](CCCO)C(=O)N[C@H]1CCc2ccccc2N(Cc2c(OC)ccc3cc(Br)ccc23)C1=O. The number of nitrogens with one attached hydrogen (secondary N) is 1. The Balaban J connectivity index is 1.70. The summed E-state index contributed by atoms with van der Waals surface area (Å²) in [5, 5.41) is 14.3. The van der Waals surface area contributed by atoms with Gasteiger partial charge in [0, 0.05) is 28.2 Å². The molecule has 0 saturated heterocycles. The van der Waals surface area contributed by atoms with Crippen molar-refractivity contribution in [3.63, 3.8) is 0 Å². The summed E-state index contributed by atoms with van der Waals surface area (Å²) < 4.78 is 6.70. The minimum absolute atomic E-state index is 0.0542. The van der Waals surface area contributed by atoms with Gasteiger partial charge in [0.2, 0.25) is 11.8 Å². The lowest BCUT2D eigenvalue weighted by Gasteiger charge is -2.28. The average molecular weight is 553 g/mol. The van der Waals surface area contributed by atoms with Crippen LogP contribution in [-0.2, 0) is 22.6 Å². The quantitative estimate of drug-likeness (QED) is 0.373. The van der Waals surface area contributed by atoms with E-state index in [4.69, 9.17) is 4.74 Å². The Kier molecular flexibility index (Phi) is 8.64. The molecule has 36 heavy (non-hydrogen) atoms. The van der Waals surface area contributed by atoms with E-state index in [1.807, 2.05) is 55.5 Å². The molecule has 1 aliphatic rings. The molecule has 0 radical (unpaired) electrons. The number of hydrogen-bond acceptors (Lipinski definition) is 4. The van der Waals surface area contributed by atoms with E-state index < -0.39 is 6.04 Å². The zero-order chi connectivity index (χ0) is 25.7. The third kappa shape index (κ3) is 5.57. The third-order valence-electron chi connectivity index (χ3n) is 7.03. The molecule has 0 spiro atoms. The Morgan fingerprint density at radius 1 is 1.22 bits per heavy atom. The van der Waals surface area contributed by atoms with Crippen LogP contribution in [0.1, 0.15) is 43.7 Å². The molecule has 2 atom stereocenters. The second kappa shape index (κ2) is 11.9. The van der Waals surface area contributed by atoms with E-state index >= 15 is 0 Å². The second-order valence-corrected chi connectivity index (χ2v) is 10.2. The zero-order valence-electron chi connectivity index (χ0n) is 20.8. The molecular formula is C29H33BrN2O4. The Morgan fingerprint density at radius 2 is 2.03 bits per heavy atom. The maximum atomic E-state index is 14.0. The monoisotopic (exact) mass is 552 g/mol. The van der Waals surface area contributed by atoms with Crippen LogP contribution in [0.25, 0.3) is 10.8 Å². The number of carbonyl (C=O) groups excluding carboxylic acids is 2. The van der Waals surface area contributed by atoms with Crippen molar-refractivity contribution >= 4 is 44.2 Å². The van der Waals surface area contributed by atoms with Gasteiger partial charge in [0.1, 0.15) is 11.8 Å². The molecule has 7 heteroatoms.